The minimum absolute atomic E-state index is 0.0874. The summed E-state index contributed by atoms with van der Waals surface area (Å²) in [6.45, 7) is 0. The minimum Gasteiger partial charge on any atom is -0.332 e. The number of halogens is 2. The summed E-state index contributed by atoms with van der Waals surface area (Å²) in [6, 6.07) is 8.98. The number of nitrogens with one attached hydrogen (secondary N) is 2. The lowest BCUT2D eigenvalue weighted by atomic mass is 10.3. The Bertz CT molecular complexity index is 710. The molecule has 21 heavy (non-hydrogen) atoms. The third kappa shape index (κ3) is 3.93. The number of non-ortho nitro benzene ring substituents is 1. The zero-order valence-electron chi connectivity index (χ0n) is 10.5. The maximum absolute atomic E-state index is 13.0. The van der Waals surface area contributed by atoms with Crippen LogP contribution < -0.4 is 10.6 Å². The molecule has 0 atom stereocenters. The first-order chi connectivity index (χ1) is 9.95. The Morgan fingerprint density at radius 3 is 2.33 bits per heavy atom. The normalized spacial score (nSPS) is 10.0. The third-order valence-corrected chi connectivity index (χ3v) is 2.70. The van der Waals surface area contributed by atoms with Gasteiger partial charge >= 0.3 is 0 Å². The highest BCUT2D eigenvalue weighted by atomic mass is 32.1. The molecule has 2 aromatic carbocycles. The van der Waals surface area contributed by atoms with Crippen molar-refractivity contribution in [2.24, 2.45) is 0 Å². The maximum Gasteiger partial charge on any atom is 0.271 e. The molecule has 2 N–H and O–H groups in total. The van der Waals surface area contributed by atoms with Gasteiger partial charge in [-0.05, 0) is 30.4 Å². The lowest BCUT2D eigenvalue weighted by Crippen LogP contribution is -2.19. The quantitative estimate of drug-likeness (QED) is 0.514. The van der Waals surface area contributed by atoms with Crippen LogP contribution in [0.4, 0.5) is 25.8 Å². The molecule has 0 saturated carbocycles. The van der Waals surface area contributed by atoms with Gasteiger partial charge in [-0.15, -0.1) is 0 Å². The van der Waals surface area contributed by atoms with Crippen molar-refractivity contribution in [2.75, 3.05) is 10.6 Å². The highest BCUT2D eigenvalue weighted by molar-refractivity contribution is 7.80. The summed E-state index contributed by atoms with van der Waals surface area (Å²) in [7, 11) is 0. The predicted molar refractivity (Wildman–Crippen MR) is 79.3 cm³/mol. The number of anilines is 2. The number of rotatable bonds is 3. The van der Waals surface area contributed by atoms with Crippen LogP contribution in [0.25, 0.3) is 0 Å². The summed E-state index contributed by atoms with van der Waals surface area (Å²) in [6.07, 6.45) is 0. The van der Waals surface area contributed by atoms with Crippen LogP contribution in [0.3, 0.4) is 0 Å². The molecule has 0 aliphatic heterocycles. The largest absolute Gasteiger partial charge is 0.332 e. The molecule has 0 aliphatic carbocycles. The van der Waals surface area contributed by atoms with Gasteiger partial charge in [0.15, 0.2) is 16.7 Å². The number of hydrogen-bond acceptors (Lipinski definition) is 3. The molecule has 2 rings (SSSR count). The molecule has 108 valence electrons. The molecule has 0 bridgehead atoms. The van der Waals surface area contributed by atoms with Gasteiger partial charge in [-0.3, -0.25) is 10.1 Å². The number of nitro groups is 1. The van der Waals surface area contributed by atoms with Gasteiger partial charge in [0.2, 0.25) is 0 Å². The van der Waals surface area contributed by atoms with Gasteiger partial charge in [0.05, 0.1) is 4.92 Å². The van der Waals surface area contributed by atoms with Crippen LogP contribution in [0.1, 0.15) is 0 Å². The van der Waals surface area contributed by atoms with Gasteiger partial charge in [0.1, 0.15) is 0 Å². The zero-order chi connectivity index (χ0) is 15.4. The van der Waals surface area contributed by atoms with Gasteiger partial charge < -0.3 is 10.6 Å². The molecule has 0 heterocycles. The molecule has 0 amide bonds. The Labute approximate surface area is 123 Å². The molecule has 0 unspecified atom stereocenters. The van der Waals surface area contributed by atoms with Crippen LogP contribution in [0.2, 0.25) is 0 Å². The van der Waals surface area contributed by atoms with Crippen LogP contribution in [0.5, 0.6) is 0 Å². The van der Waals surface area contributed by atoms with Crippen molar-refractivity contribution in [3.8, 4) is 0 Å². The van der Waals surface area contributed by atoms with Gasteiger partial charge in [0.25, 0.3) is 5.69 Å². The van der Waals surface area contributed by atoms with Crippen LogP contribution >= 0.6 is 12.2 Å². The van der Waals surface area contributed by atoms with Gasteiger partial charge in [0, 0.05) is 29.6 Å². The van der Waals surface area contributed by atoms with E-state index in [9.17, 15) is 18.9 Å². The monoisotopic (exact) mass is 309 g/mol. The van der Waals surface area contributed by atoms with Crippen molar-refractivity contribution in [1.82, 2.24) is 0 Å². The standard InChI is InChI=1S/C13H9F2N3O2S/c14-11-5-4-9(7-12(11)15)17-13(21)16-8-2-1-3-10(6-8)18(19)20/h1-7H,(H2,16,17,21). The average molecular weight is 309 g/mol. The Balaban J connectivity index is 2.06. The number of nitrogens with zero attached hydrogens (tertiary/aromatic N) is 1. The fourth-order valence-electron chi connectivity index (χ4n) is 1.56. The summed E-state index contributed by atoms with van der Waals surface area (Å²) in [5.41, 5.74) is 0.580. The fourth-order valence-corrected chi connectivity index (χ4v) is 1.80. The van der Waals surface area contributed by atoms with E-state index in [1.165, 1.54) is 24.3 Å². The maximum atomic E-state index is 13.0. The van der Waals surface area contributed by atoms with E-state index in [4.69, 9.17) is 12.2 Å². The van der Waals surface area contributed by atoms with Crippen LogP contribution in [-0.2, 0) is 0 Å². The molecular weight excluding hydrogens is 300 g/mol. The number of thiocarbonyl (C=S) groups is 1. The van der Waals surface area contributed by atoms with Gasteiger partial charge in [-0.25, -0.2) is 8.78 Å². The minimum atomic E-state index is -1.00. The van der Waals surface area contributed by atoms with Gasteiger partial charge in [-0.2, -0.15) is 0 Å². The summed E-state index contributed by atoms with van der Waals surface area (Å²) in [5.74, 6) is -1.96. The Hall–Kier alpha value is -2.61. The van der Waals surface area contributed by atoms with Gasteiger partial charge in [-0.1, -0.05) is 6.07 Å². The smallest absolute Gasteiger partial charge is 0.271 e. The number of benzene rings is 2. The predicted octanol–water partition coefficient (Wildman–Crippen LogP) is 3.68. The van der Waals surface area contributed by atoms with Crippen LogP contribution in [-0.4, -0.2) is 10.0 Å². The first kappa shape index (κ1) is 14.8. The van der Waals surface area contributed by atoms with E-state index in [2.05, 4.69) is 10.6 Å². The molecule has 0 spiro atoms. The Morgan fingerprint density at radius 2 is 1.71 bits per heavy atom. The summed E-state index contributed by atoms with van der Waals surface area (Å²) >= 11 is 4.99. The van der Waals surface area contributed by atoms with E-state index in [-0.39, 0.29) is 16.5 Å². The number of hydrogen-bond donors (Lipinski definition) is 2. The van der Waals surface area contributed by atoms with E-state index >= 15 is 0 Å². The average Bonchev–Trinajstić information content (AvgIpc) is 2.43. The van der Waals surface area contributed by atoms with Crippen molar-refractivity contribution >= 4 is 34.4 Å². The molecule has 5 nitrogen and oxygen atoms in total. The SMILES string of the molecule is O=[N+]([O-])c1cccc(NC(=S)Nc2ccc(F)c(F)c2)c1. The second kappa shape index (κ2) is 6.23. The second-order valence-corrected chi connectivity index (χ2v) is 4.42. The van der Waals surface area contributed by atoms with E-state index in [0.29, 0.717) is 5.69 Å². The summed E-state index contributed by atoms with van der Waals surface area (Å²) in [4.78, 5) is 10.1. The van der Waals surface area contributed by atoms with E-state index in [1.54, 1.807) is 6.07 Å². The number of nitro benzene ring substituents is 1. The highest BCUT2D eigenvalue weighted by Gasteiger charge is 2.07. The molecule has 0 radical (unpaired) electrons. The van der Waals surface area contributed by atoms with Crippen LogP contribution in [0, 0.1) is 21.7 Å². The van der Waals surface area contributed by atoms with Crippen molar-refractivity contribution in [2.45, 2.75) is 0 Å². The molecule has 2 aromatic rings. The van der Waals surface area contributed by atoms with Crippen molar-refractivity contribution in [3.63, 3.8) is 0 Å². The third-order valence-electron chi connectivity index (χ3n) is 2.49. The Kier molecular flexibility index (Phi) is 4.39. The molecule has 8 heteroatoms. The topological polar surface area (TPSA) is 67.2 Å². The molecule has 0 fully saturated rings. The fraction of sp³-hybridized carbons (Fsp3) is 0. The van der Waals surface area contributed by atoms with Crippen molar-refractivity contribution in [1.29, 1.82) is 0 Å². The first-order valence-corrected chi connectivity index (χ1v) is 6.14. The molecule has 0 aromatic heterocycles. The summed E-state index contributed by atoms with van der Waals surface area (Å²) in [5, 5.41) is 16.1. The van der Waals surface area contributed by atoms with Crippen LogP contribution in [0.15, 0.2) is 42.5 Å². The molecule has 0 saturated heterocycles. The molecule has 0 aliphatic rings. The highest BCUT2D eigenvalue weighted by Crippen LogP contribution is 2.18. The lowest BCUT2D eigenvalue weighted by molar-refractivity contribution is -0.384. The van der Waals surface area contributed by atoms with Crippen molar-refractivity contribution in [3.05, 3.63) is 64.2 Å². The van der Waals surface area contributed by atoms with E-state index in [0.717, 1.165) is 12.1 Å². The summed E-state index contributed by atoms with van der Waals surface area (Å²) < 4.78 is 25.8. The van der Waals surface area contributed by atoms with E-state index < -0.39 is 16.6 Å². The Morgan fingerprint density at radius 1 is 1.05 bits per heavy atom. The molecular formula is C13H9F2N3O2S. The van der Waals surface area contributed by atoms with E-state index in [1.807, 2.05) is 0 Å². The second-order valence-electron chi connectivity index (χ2n) is 4.02. The first-order valence-electron chi connectivity index (χ1n) is 5.73. The lowest BCUT2D eigenvalue weighted by Gasteiger charge is -2.10. The zero-order valence-corrected chi connectivity index (χ0v) is 11.3. The van der Waals surface area contributed by atoms with Crippen molar-refractivity contribution < 1.29 is 13.7 Å².